The number of hydrogen-bond donors (Lipinski definition) is 1. The van der Waals surface area contributed by atoms with Crippen LogP contribution in [0.15, 0.2) is 27.2 Å². The summed E-state index contributed by atoms with van der Waals surface area (Å²) >= 11 is 3.41. The number of nitrogens with zero attached hydrogens (tertiary/aromatic N) is 1. The molecular weight excluding hydrogens is 272 g/mol. The summed E-state index contributed by atoms with van der Waals surface area (Å²) in [6.07, 6.45) is 0. The van der Waals surface area contributed by atoms with E-state index in [1.807, 2.05) is 25.1 Å². The molecule has 0 bridgehead atoms. The van der Waals surface area contributed by atoms with Gasteiger partial charge in [-0.1, -0.05) is 21.1 Å². The van der Waals surface area contributed by atoms with E-state index in [1.54, 1.807) is 7.11 Å². The maximum atomic E-state index is 5.63. The van der Waals surface area contributed by atoms with E-state index in [2.05, 4.69) is 21.1 Å². The molecule has 0 radical (unpaired) electrons. The lowest BCUT2D eigenvalue weighted by Gasteiger charge is -2.06. The molecule has 0 saturated heterocycles. The molecule has 0 spiro atoms. The van der Waals surface area contributed by atoms with Crippen LogP contribution in [0.25, 0.3) is 11.3 Å². The molecule has 0 aliphatic rings. The van der Waals surface area contributed by atoms with Gasteiger partial charge in [0.15, 0.2) is 0 Å². The topological polar surface area (TPSA) is 61.3 Å². The van der Waals surface area contributed by atoms with Gasteiger partial charge in [-0.2, -0.15) is 0 Å². The number of nitrogens with two attached hydrogens (primary N) is 1. The summed E-state index contributed by atoms with van der Waals surface area (Å²) in [6, 6.07) is 5.69. The van der Waals surface area contributed by atoms with Gasteiger partial charge in [-0.15, -0.1) is 0 Å². The normalized spacial score (nSPS) is 10.4. The number of halogens is 1. The third-order valence-electron chi connectivity index (χ3n) is 2.38. The maximum Gasteiger partial charge on any atom is 0.225 e. The van der Waals surface area contributed by atoms with Crippen LogP contribution in [-0.2, 0) is 0 Å². The molecule has 0 saturated carbocycles. The fraction of sp³-hybridized carbons (Fsp3) is 0.182. The van der Waals surface area contributed by atoms with Crippen molar-refractivity contribution in [2.24, 2.45) is 0 Å². The van der Waals surface area contributed by atoms with Gasteiger partial charge in [-0.3, -0.25) is 0 Å². The molecule has 0 atom stereocenters. The Hall–Kier alpha value is -1.49. The highest BCUT2D eigenvalue weighted by Crippen LogP contribution is 2.35. The summed E-state index contributed by atoms with van der Waals surface area (Å²) in [5.74, 6) is 1.07. The number of anilines is 1. The highest BCUT2D eigenvalue weighted by Gasteiger charge is 2.15. The molecule has 16 heavy (non-hydrogen) atoms. The fourth-order valence-electron chi connectivity index (χ4n) is 1.46. The van der Waals surface area contributed by atoms with Gasteiger partial charge < -0.3 is 15.0 Å². The Kier molecular flexibility index (Phi) is 2.87. The number of hydrogen-bond acceptors (Lipinski definition) is 4. The zero-order chi connectivity index (χ0) is 11.7. The molecule has 5 heteroatoms. The monoisotopic (exact) mass is 282 g/mol. The van der Waals surface area contributed by atoms with Crippen molar-refractivity contribution in [2.45, 2.75) is 6.92 Å². The minimum atomic E-state index is 0.331. The van der Waals surface area contributed by atoms with Gasteiger partial charge in [0.2, 0.25) is 5.88 Å². The van der Waals surface area contributed by atoms with Gasteiger partial charge >= 0.3 is 0 Å². The summed E-state index contributed by atoms with van der Waals surface area (Å²) in [4.78, 5) is 0. The standard InChI is InChI=1S/C11H11BrN2O2/c1-6-10(14-16-11(6)13)8-5-7(12)3-4-9(8)15-2/h3-5H,13H2,1-2H3. The Balaban J connectivity index is 2.62. The average Bonchev–Trinajstić information content (AvgIpc) is 2.60. The maximum absolute atomic E-state index is 5.63. The highest BCUT2D eigenvalue weighted by atomic mass is 79.9. The molecule has 1 heterocycles. The Morgan fingerprint density at radius 2 is 2.19 bits per heavy atom. The van der Waals surface area contributed by atoms with Crippen molar-refractivity contribution in [3.63, 3.8) is 0 Å². The molecule has 0 aliphatic carbocycles. The molecule has 4 nitrogen and oxygen atoms in total. The SMILES string of the molecule is COc1ccc(Br)cc1-c1noc(N)c1C. The van der Waals surface area contributed by atoms with Gasteiger partial charge in [0, 0.05) is 15.6 Å². The minimum absolute atomic E-state index is 0.331. The summed E-state index contributed by atoms with van der Waals surface area (Å²) in [7, 11) is 1.62. The van der Waals surface area contributed by atoms with Crippen LogP contribution in [0.4, 0.5) is 5.88 Å². The van der Waals surface area contributed by atoms with Crippen LogP contribution < -0.4 is 10.5 Å². The Morgan fingerprint density at radius 1 is 1.44 bits per heavy atom. The number of rotatable bonds is 2. The first-order valence-corrected chi connectivity index (χ1v) is 5.48. The van der Waals surface area contributed by atoms with Crippen LogP contribution in [0.5, 0.6) is 5.75 Å². The van der Waals surface area contributed by atoms with Crippen LogP contribution in [-0.4, -0.2) is 12.3 Å². The third-order valence-corrected chi connectivity index (χ3v) is 2.87. The van der Waals surface area contributed by atoms with Crippen LogP contribution in [0.2, 0.25) is 0 Å². The van der Waals surface area contributed by atoms with Crippen molar-refractivity contribution in [3.8, 4) is 17.0 Å². The van der Waals surface area contributed by atoms with Gasteiger partial charge in [-0.05, 0) is 25.1 Å². The smallest absolute Gasteiger partial charge is 0.225 e. The first kappa shape index (κ1) is 11.0. The predicted molar refractivity (Wildman–Crippen MR) is 65.3 cm³/mol. The largest absolute Gasteiger partial charge is 0.496 e. The lowest BCUT2D eigenvalue weighted by Crippen LogP contribution is -1.90. The second-order valence-corrected chi connectivity index (χ2v) is 4.28. The molecule has 1 aromatic carbocycles. The van der Waals surface area contributed by atoms with E-state index in [0.29, 0.717) is 11.6 Å². The first-order chi connectivity index (χ1) is 7.63. The number of benzene rings is 1. The summed E-state index contributed by atoms with van der Waals surface area (Å²) in [6.45, 7) is 1.86. The molecule has 2 N–H and O–H groups in total. The van der Waals surface area contributed by atoms with Crippen molar-refractivity contribution in [3.05, 3.63) is 28.2 Å². The molecule has 0 amide bonds. The lowest BCUT2D eigenvalue weighted by atomic mass is 10.1. The van der Waals surface area contributed by atoms with Crippen molar-refractivity contribution in [1.29, 1.82) is 0 Å². The molecule has 0 fully saturated rings. The molecule has 0 unspecified atom stereocenters. The Labute approximate surface area is 102 Å². The summed E-state index contributed by atoms with van der Waals surface area (Å²) in [5, 5.41) is 3.93. The van der Waals surface area contributed by atoms with E-state index in [0.717, 1.165) is 21.3 Å². The first-order valence-electron chi connectivity index (χ1n) is 4.69. The molecular formula is C11H11BrN2O2. The van der Waals surface area contributed by atoms with E-state index in [4.69, 9.17) is 15.0 Å². The van der Waals surface area contributed by atoms with E-state index in [9.17, 15) is 0 Å². The van der Waals surface area contributed by atoms with Gasteiger partial charge in [0.1, 0.15) is 11.4 Å². The zero-order valence-electron chi connectivity index (χ0n) is 8.95. The number of aromatic nitrogens is 1. The summed E-state index contributed by atoms with van der Waals surface area (Å²) in [5.41, 5.74) is 8.00. The predicted octanol–water partition coefficient (Wildman–Crippen LogP) is 3.00. The second kappa shape index (κ2) is 4.17. The van der Waals surface area contributed by atoms with Crippen molar-refractivity contribution < 1.29 is 9.26 Å². The molecule has 2 rings (SSSR count). The van der Waals surface area contributed by atoms with Gasteiger partial charge in [-0.25, -0.2) is 0 Å². The van der Waals surface area contributed by atoms with Crippen molar-refractivity contribution >= 4 is 21.8 Å². The van der Waals surface area contributed by atoms with E-state index in [-0.39, 0.29) is 0 Å². The zero-order valence-corrected chi connectivity index (χ0v) is 10.5. The van der Waals surface area contributed by atoms with Crippen LogP contribution in [0, 0.1) is 6.92 Å². The van der Waals surface area contributed by atoms with E-state index < -0.39 is 0 Å². The molecule has 2 aromatic rings. The Bertz CT molecular complexity index is 523. The number of nitrogen functional groups attached to an aromatic ring is 1. The van der Waals surface area contributed by atoms with Crippen molar-refractivity contribution in [1.82, 2.24) is 5.16 Å². The van der Waals surface area contributed by atoms with E-state index in [1.165, 1.54) is 0 Å². The third kappa shape index (κ3) is 1.78. The highest BCUT2D eigenvalue weighted by molar-refractivity contribution is 9.10. The quantitative estimate of drug-likeness (QED) is 0.920. The van der Waals surface area contributed by atoms with E-state index >= 15 is 0 Å². The number of ether oxygens (including phenoxy) is 1. The minimum Gasteiger partial charge on any atom is -0.496 e. The van der Waals surface area contributed by atoms with Gasteiger partial charge in [0.25, 0.3) is 0 Å². The lowest BCUT2D eigenvalue weighted by molar-refractivity contribution is 0.414. The fourth-order valence-corrected chi connectivity index (χ4v) is 1.83. The molecule has 84 valence electrons. The molecule has 0 aliphatic heterocycles. The van der Waals surface area contributed by atoms with Crippen LogP contribution in [0.1, 0.15) is 5.56 Å². The summed E-state index contributed by atoms with van der Waals surface area (Å²) < 4.78 is 11.2. The second-order valence-electron chi connectivity index (χ2n) is 3.37. The van der Waals surface area contributed by atoms with Crippen LogP contribution in [0.3, 0.4) is 0 Å². The Morgan fingerprint density at radius 3 is 2.75 bits per heavy atom. The van der Waals surface area contributed by atoms with Crippen molar-refractivity contribution in [2.75, 3.05) is 12.8 Å². The van der Waals surface area contributed by atoms with Gasteiger partial charge in [0.05, 0.1) is 7.11 Å². The number of methoxy groups -OCH3 is 1. The van der Waals surface area contributed by atoms with Crippen LogP contribution >= 0.6 is 15.9 Å². The average molecular weight is 283 g/mol. The molecule has 1 aromatic heterocycles.